The Morgan fingerprint density at radius 2 is 1.70 bits per heavy atom. The topological polar surface area (TPSA) is 76.2 Å². The fourth-order valence-corrected chi connectivity index (χ4v) is 7.01. The standard InChI is InChI=1S/C29H32N2O5S/c1-4-5-19-35-28(32)29-20-31(37(33,34)23-17-15-21(2)16-18-23)25-14-10-9-13-24(25)26(29)30(3)36-27(29)22-11-7-6-8-12-22/h6-18,26-27H,4-5,19-20H2,1-3H3/t26-,27+,29-/m1/s1. The van der Waals surface area contributed by atoms with Crippen molar-refractivity contribution in [2.45, 2.75) is 43.7 Å². The summed E-state index contributed by atoms with van der Waals surface area (Å²) in [6.07, 6.45) is 0.863. The highest BCUT2D eigenvalue weighted by Gasteiger charge is 2.66. The number of anilines is 1. The first-order valence-corrected chi connectivity index (χ1v) is 14.0. The van der Waals surface area contributed by atoms with Crippen LogP contribution in [0.15, 0.2) is 83.8 Å². The van der Waals surface area contributed by atoms with Crippen molar-refractivity contribution in [1.29, 1.82) is 0 Å². The third-order valence-electron chi connectivity index (χ3n) is 7.32. The Labute approximate surface area is 218 Å². The molecule has 0 aliphatic carbocycles. The SMILES string of the molecule is CCCCOC(=O)[C@]12CN(S(=O)(=O)c3ccc(C)cc3)c3ccccc3[C@H]1N(C)O[C@H]2c1ccccc1. The van der Waals surface area contributed by atoms with Crippen molar-refractivity contribution in [2.75, 3.05) is 24.5 Å². The van der Waals surface area contributed by atoms with E-state index in [-0.39, 0.29) is 18.0 Å². The van der Waals surface area contributed by atoms with Crippen LogP contribution in [0.3, 0.4) is 0 Å². The molecule has 0 spiro atoms. The molecule has 0 N–H and O–H groups in total. The van der Waals surface area contributed by atoms with E-state index in [1.807, 2.05) is 62.4 Å². The summed E-state index contributed by atoms with van der Waals surface area (Å²) in [7, 11) is -2.21. The van der Waals surface area contributed by atoms with Crippen molar-refractivity contribution in [3.63, 3.8) is 0 Å². The highest BCUT2D eigenvalue weighted by Crippen LogP contribution is 2.61. The van der Waals surface area contributed by atoms with Crippen molar-refractivity contribution in [2.24, 2.45) is 5.41 Å². The Bertz CT molecular complexity index is 1380. The second kappa shape index (κ2) is 9.93. The minimum absolute atomic E-state index is 0.111. The van der Waals surface area contributed by atoms with Gasteiger partial charge in [0.15, 0.2) is 0 Å². The van der Waals surface area contributed by atoms with Crippen molar-refractivity contribution in [1.82, 2.24) is 5.06 Å². The number of sulfonamides is 1. The molecule has 3 aromatic rings. The van der Waals surface area contributed by atoms with E-state index in [9.17, 15) is 13.2 Å². The molecule has 8 heteroatoms. The smallest absolute Gasteiger partial charge is 0.319 e. The molecule has 1 fully saturated rings. The molecule has 37 heavy (non-hydrogen) atoms. The summed E-state index contributed by atoms with van der Waals surface area (Å²) < 4.78 is 35.5. The first-order valence-electron chi connectivity index (χ1n) is 12.6. The van der Waals surface area contributed by atoms with Gasteiger partial charge in [-0.3, -0.25) is 13.9 Å². The number of ether oxygens (including phenoxy) is 1. The number of aryl methyl sites for hydroxylation is 1. The first kappa shape index (κ1) is 25.4. The summed E-state index contributed by atoms with van der Waals surface area (Å²) in [5, 5.41) is 1.69. The molecule has 0 bridgehead atoms. The van der Waals surface area contributed by atoms with Gasteiger partial charge in [-0.25, -0.2) is 8.42 Å². The molecule has 194 valence electrons. The molecule has 0 saturated carbocycles. The van der Waals surface area contributed by atoms with Gasteiger partial charge in [0.25, 0.3) is 10.0 Å². The van der Waals surface area contributed by atoms with Crippen molar-refractivity contribution in [3.8, 4) is 0 Å². The summed E-state index contributed by atoms with van der Waals surface area (Å²) in [4.78, 5) is 20.7. The molecule has 3 atom stereocenters. The maximum atomic E-state index is 14.1. The van der Waals surface area contributed by atoms with Gasteiger partial charge in [0, 0.05) is 7.05 Å². The lowest BCUT2D eigenvalue weighted by Crippen LogP contribution is -2.55. The van der Waals surface area contributed by atoms with Gasteiger partial charge in [0.05, 0.1) is 29.8 Å². The van der Waals surface area contributed by atoms with Crippen molar-refractivity contribution < 1.29 is 22.8 Å². The molecule has 2 heterocycles. The van der Waals surface area contributed by atoms with Crippen LogP contribution in [0, 0.1) is 12.3 Å². The monoisotopic (exact) mass is 520 g/mol. The number of hydroxylamine groups is 2. The Morgan fingerprint density at radius 3 is 2.41 bits per heavy atom. The minimum Gasteiger partial charge on any atom is -0.465 e. The minimum atomic E-state index is -4.00. The van der Waals surface area contributed by atoms with Crippen LogP contribution in [0.1, 0.15) is 48.6 Å². The highest BCUT2D eigenvalue weighted by molar-refractivity contribution is 7.92. The zero-order valence-electron chi connectivity index (χ0n) is 21.3. The van der Waals surface area contributed by atoms with Gasteiger partial charge in [-0.1, -0.05) is 79.6 Å². The quantitative estimate of drug-likeness (QED) is 0.315. The lowest BCUT2D eigenvalue weighted by Gasteiger charge is -2.45. The van der Waals surface area contributed by atoms with Gasteiger partial charge in [-0.15, -0.1) is 0 Å². The summed E-state index contributed by atoms with van der Waals surface area (Å²) in [5.41, 5.74) is 1.67. The lowest BCUT2D eigenvalue weighted by molar-refractivity contribution is -0.163. The summed E-state index contributed by atoms with van der Waals surface area (Å²) in [6, 6.07) is 23.1. The number of fused-ring (bicyclic) bond motifs is 3. The third kappa shape index (κ3) is 4.23. The summed E-state index contributed by atoms with van der Waals surface area (Å²) >= 11 is 0. The number of unbranched alkanes of at least 4 members (excludes halogenated alkanes) is 1. The second-order valence-corrected chi connectivity index (χ2v) is 11.6. The third-order valence-corrected chi connectivity index (χ3v) is 9.09. The van der Waals surface area contributed by atoms with Gasteiger partial charge in [0.2, 0.25) is 0 Å². The van der Waals surface area contributed by atoms with Crippen LogP contribution in [-0.4, -0.2) is 39.6 Å². The lowest BCUT2D eigenvalue weighted by atomic mass is 9.69. The predicted molar refractivity (Wildman–Crippen MR) is 141 cm³/mol. The van der Waals surface area contributed by atoms with Gasteiger partial charge >= 0.3 is 5.97 Å². The normalized spacial score (nSPS) is 23.4. The molecule has 7 nitrogen and oxygen atoms in total. The van der Waals surface area contributed by atoms with E-state index in [1.54, 1.807) is 42.4 Å². The zero-order chi connectivity index (χ0) is 26.2. The molecule has 5 rings (SSSR count). The molecule has 2 aliphatic rings. The number of rotatable bonds is 7. The fraction of sp³-hybridized carbons (Fsp3) is 0.345. The number of hydrogen-bond acceptors (Lipinski definition) is 6. The maximum absolute atomic E-state index is 14.1. The van der Waals surface area contributed by atoms with Crippen LogP contribution < -0.4 is 4.31 Å². The number of esters is 1. The maximum Gasteiger partial charge on any atom is 0.319 e. The summed E-state index contributed by atoms with van der Waals surface area (Å²) in [6.45, 7) is 4.09. The molecule has 0 unspecified atom stereocenters. The molecule has 0 amide bonds. The van der Waals surface area contributed by atoms with Crippen LogP contribution >= 0.6 is 0 Å². The molecule has 0 aromatic heterocycles. The van der Waals surface area contributed by atoms with Crippen molar-refractivity contribution in [3.05, 3.63) is 95.6 Å². The van der Waals surface area contributed by atoms with E-state index in [0.717, 1.165) is 24.0 Å². The number of nitrogens with zero attached hydrogens (tertiary/aromatic N) is 2. The number of para-hydroxylation sites is 1. The molecular formula is C29H32N2O5S. The van der Waals surface area contributed by atoms with E-state index in [1.165, 1.54) is 4.31 Å². The van der Waals surface area contributed by atoms with Crippen molar-refractivity contribution >= 4 is 21.7 Å². The van der Waals surface area contributed by atoms with Gasteiger partial charge < -0.3 is 4.74 Å². The first-order chi connectivity index (χ1) is 17.8. The van der Waals surface area contributed by atoms with Crippen LogP contribution in [0.4, 0.5) is 5.69 Å². The Kier molecular flexibility index (Phi) is 6.83. The number of benzene rings is 3. The molecule has 0 radical (unpaired) electrons. The fourth-order valence-electron chi connectivity index (χ4n) is 5.47. The molecule has 2 aliphatic heterocycles. The Morgan fingerprint density at radius 1 is 1.03 bits per heavy atom. The summed E-state index contributed by atoms with van der Waals surface area (Å²) in [5.74, 6) is -0.456. The average Bonchev–Trinajstić information content (AvgIpc) is 3.22. The van der Waals surface area contributed by atoms with Crippen LogP contribution in [0.2, 0.25) is 0 Å². The Hall–Kier alpha value is -3.20. The van der Waals surface area contributed by atoms with Crippen LogP contribution in [0.5, 0.6) is 0 Å². The van der Waals surface area contributed by atoms with E-state index in [2.05, 4.69) is 0 Å². The highest BCUT2D eigenvalue weighted by atomic mass is 32.2. The van der Waals surface area contributed by atoms with Crippen LogP contribution in [0.25, 0.3) is 0 Å². The zero-order valence-corrected chi connectivity index (χ0v) is 22.1. The predicted octanol–water partition coefficient (Wildman–Crippen LogP) is 5.19. The van der Waals surface area contributed by atoms with E-state index in [0.29, 0.717) is 11.3 Å². The van der Waals surface area contributed by atoms with E-state index < -0.39 is 33.6 Å². The number of carbonyl (C=O) groups excluding carboxylic acids is 1. The van der Waals surface area contributed by atoms with Gasteiger partial charge in [0.1, 0.15) is 11.5 Å². The second-order valence-electron chi connectivity index (χ2n) is 9.76. The number of hydrogen-bond donors (Lipinski definition) is 0. The Balaban J connectivity index is 1.71. The molecule has 1 saturated heterocycles. The van der Waals surface area contributed by atoms with E-state index in [4.69, 9.17) is 9.57 Å². The largest absolute Gasteiger partial charge is 0.465 e. The van der Waals surface area contributed by atoms with E-state index >= 15 is 0 Å². The average molecular weight is 521 g/mol. The van der Waals surface area contributed by atoms with Gasteiger partial charge in [-0.2, -0.15) is 5.06 Å². The van der Waals surface area contributed by atoms with Gasteiger partial charge in [-0.05, 0) is 42.7 Å². The number of carbonyl (C=O) groups is 1. The molecular weight excluding hydrogens is 488 g/mol. The van der Waals surface area contributed by atoms with Crippen LogP contribution in [-0.2, 0) is 24.4 Å². The molecule has 3 aromatic carbocycles.